The maximum absolute atomic E-state index is 15.0. The molecule has 0 aromatic heterocycles. The van der Waals surface area contributed by atoms with E-state index in [-0.39, 0.29) is 42.3 Å². The number of nitrogens with one attached hydrogen (secondary N) is 6. The van der Waals surface area contributed by atoms with Gasteiger partial charge in [-0.3, -0.25) is 38.5 Å². The molecule has 5 aliphatic rings. The first-order valence-corrected chi connectivity index (χ1v) is 36.7. The van der Waals surface area contributed by atoms with Gasteiger partial charge in [-0.25, -0.2) is 5.26 Å². The van der Waals surface area contributed by atoms with Crippen LogP contribution in [0.3, 0.4) is 0 Å². The van der Waals surface area contributed by atoms with E-state index < -0.39 is 184 Å². The number of benzene rings is 4. The van der Waals surface area contributed by atoms with Gasteiger partial charge in [-0.05, 0) is 117 Å². The van der Waals surface area contributed by atoms with Crippen molar-refractivity contribution in [2.75, 3.05) is 127 Å². The van der Waals surface area contributed by atoms with E-state index >= 15 is 4.79 Å². The summed E-state index contributed by atoms with van der Waals surface area (Å²) in [5.41, 5.74) is 5.25. The highest BCUT2D eigenvalue weighted by Crippen LogP contribution is 2.33. The number of methoxy groups -OCH3 is 1. The van der Waals surface area contributed by atoms with Crippen LogP contribution in [0, 0.1) is 5.92 Å². The summed E-state index contributed by atoms with van der Waals surface area (Å²) in [6.45, 7) is 9.15. The molecule has 1 unspecified atom stereocenters. The van der Waals surface area contributed by atoms with Gasteiger partial charge in [0, 0.05) is 134 Å². The summed E-state index contributed by atoms with van der Waals surface area (Å²) < 4.78 is 14.6. The Morgan fingerprint density at radius 2 is 1.23 bits per heavy atom. The zero-order valence-electron chi connectivity index (χ0n) is 59.8. The summed E-state index contributed by atoms with van der Waals surface area (Å²) in [4.78, 5) is 114. The van der Waals surface area contributed by atoms with Gasteiger partial charge in [-0.2, -0.15) is 0 Å². The number of piperazine rings is 2. The number of anilines is 3. The molecule has 13 atom stereocenters. The van der Waals surface area contributed by atoms with Crippen molar-refractivity contribution in [1.29, 1.82) is 0 Å². The second-order valence-electron chi connectivity index (χ2n) is 27.7. The summed E-state index contributed by atoms with van der Waals surface area (Å²) in [6.07, 6.45) is -7.82. The number of aliphatic hydroxyl groups is 8. The number of hydrogen-bond acceptors (Lipinski definition) is 27. The van der Waals surface area contributed by atoms with E-state index in [4.69, 9.17) is 14.2 Å². The first-order valence-electron chi connectivity index (χ1n) is 36.0. The molecule has 5 heterocycles. The Labute approximate surface area is 619 Å². The average molecular weight is 1500 g/mol. The minimum absolute atomic E-state index is 0.0633. The molecule has 7 amide bonds. The standard InChI is InChI=1S/C72H102N12O21S/c1-43-39-84-64(65(43)93)70(98)74-38-53(88)36-55(75-66(94)48-11-9-46(10-12-48)47-13-15-50(16-14-47)81-29-31-82(32-30-81)52-19-17-51(18-20-52)80-27-25-79(26-28-80)24-6-4-5-7-33-102-3)67(95)76-61(44(2)87)71(99)83-40-54(89)37-56(83)68(96)77-62(59(92)34-45-8-21-57(90)60(35-45)103-106-105-104-101)69(97)78-63(72(84)100)58(91)22-23-73-49(41-85)42-86/h8-21,35,43-44,49,53-56,58-59,61-65,73,85-93,101H,4-7,22-34,36-42H2,1-3H3,(H,74,98)(H,75,94)(H,76,95)(H,77,96)(H,78,97)/t43-,44+,53+,54+,55?,56-,58+,59+,61-,62-,63-,64-,65-/m0/s1. The monoisotopic (exact) mass is 1500 g/mol. The fraction of sp³-hybridized carbons (Fsp3) is 0.569. The van der Waals surface area contributed by atoms with Crippen LogP contribution in [0.5, 0.6) is 11.5 Å². The Morgan fingerprint density at radius 3 is 1.83 bits per heavy atom. The van der Waals surface area contributed by atoms with Crippen LogP contribution in [0.2, 0.25) is 0 Å². The van der Waals surface area contributed by atoms with Crippen molar-refractivity contribution in [2.24, 2.45) is 5.92 Å². The Morgan fingerprint density at radius 1 is 0.651 bits per heavy atom. The number of aliphatic hydroxyl groups excluding tert-OH is 8. The van der Waals surface area contributed by atoms with Crippen molar-refractivity contribution in [2.45, 2.75) is 144 Å². The molecule has 34 heteroatoms. The van der Waals surface area contributed by atoms with Crippen LogP contribution < -0.4 is 50.8 Å². The molecule has 4 aromatic rings. The Bertz CT molecular complexity index is 3520. The van der Waals surface area contributed by atoms with Crippen LogP contribution in [-0.4, -0.2) is 298 Å². The highest BCUT2D eigenvalue weighted by Gasteiger charge is 2.50. The first kappa shape index (κ1) is 82.0. The van der Waals surface area contributed by atoms with Crippen molar-refractivity contribution in [3.63, 3.8) is 0 Å². The number of carbonyl (C=O) groups excluding carboxylic acids is 7. The normalized spacial score (nSPS) is 25.0. The Kier molecular flexibility index (Phi) is 30.7. The maximum Gasteiger partial charge on any atom is 0.261 e. The number of aromatic hydroxyl groups is 1. The second-order valence-corrected chi connectivity index (χ2v) is 28.2. The lowest BCUT2D eigenvalue weighted by Crippen LogP contribution is -2.64. The number of amides is 7. The lowest BCUT2D eigenvalue weighted by molar-refractivity contribution is -0.433. The molecule has 4 aromatic carbocycles. The molecule has 582 valence electrons. The molecule has 16 N–H and O–H groups in total. The van der Waals surface area contributed by atoms with Crippen molar-refractivity contribution >= 4 is 70.7 Å². The summed E-state index contributed by atoms with van der Waals surface area (Å²) in [7, 11) is 1.75. The molecule has 0 saturated carbocycles. The average Bonchev–Trinajstić information content (AvgIpc) is 1.60. The van der Waals surface area contributed by atoms with E-state index in [0.29, 0.717) is 0 Å². The molecular weight excluding hydrogens is 1400 g/mol. The highest BCUT2D eigenvalue weighted by atomic mass is 32.2. The van der Waals surface area contributed by atoms with Gasteiger partial charge in [0.1, 0.15) is 36.3 Å². The maximum atomic E-state index is 15.0. The molecule has 9 rings (SSSR count). The van der Waals surface area contributed by atoms with Gasteiger partial charge in [-0.1, -0.05) is 59.5 Å². The van der Waals surface area contributed by atoms with Crippen LogP contribution in [0.4, 0.5) is 17.1 Å². The van der Waals surface area contributed by atoms with Crippen molar-refractivity contribution in [1.82, 2.24) is 46.6 Å². The topological polar surface area (TPSA) is 450 Å². The fourth-order valence-corrected chi connectivity index (χ4v) is 14.3. The van der Waals surface area contributed by atoms with Gasteiger partial charge >= 0.3 is 0 Å². The quantitative estimate of drug-likeness (QED) is 0.0131. The third-order valence-electron chi connectivity index (χ3n) is 20.2. The number of phenolic OH excluding ortho intramolecular Hbond substituents is 1. The molecule has 33 nitrogen and oxygen atoms in total. The van der Waals surface area contributed by atoms with E-state index in [9.17, 15) is 74.7 Å². The third-order valence-corrected chi connectivity index (χ3v) is 20.6. The highest BCUT2D eigenvalue weighted by molar-refractivity contribution is 7.90. The smallest absolute Gasteiger partial charge is 0.261 e. The van der Waals surface area contributed by atoms with E-state index in [1.165, 1.54) is 61.8 Å². The lowest BCUT2D eigenvalue weighted by Gasteiger charge is -2.38. The number of carbonyl (C=O) groups is 7. The number of ether oxygens (including phenoxy) is 1. The van der Waals surface area contributed by atoms with Crippen LogP contribution in [0.1, 0.15) is 74.7 Å². The van der Waals surface area contributed by atoms with Crippen LogP contribution in [0.25, 0.3) is 11.1 Å². The van der Waals surface area contributed by atoms with Gasteiger partial charge < -0.3 is 111 Å². The minimum atomic E-state index is -2.16. The van der Waals surface area contributed by atoms with Crippen molar-refractivity contribution in [3.8, 4) is 22.6 Å². The predicted molar refractivity (Wildman–Crippen MR) is 388 cm³/mol. The summed E-state index contributed by atoms with van der Waals surface area (Å²) in [5.74, 6) is -9.50. The summed E-state index contributed by atoms with van der Waals surface area (Å²) in [6, 6.07) is 14.7. The Balaban J connectivity index is 0.904. The van der Waals surface area contributed by atoms with E-state index in [0.717, 1.165) is 112 Å². The fourth-order valence-electron chi connectivity index (χ4n) is 14.1. The number of unbranched alkanes of at least 4 members (excludes halogenated alkanes) is 3. The number of fused-ring (bicyclic) bond motifs is 2. The SMILES string of the molecule is COCCCCCCN1CCN(c2ccc(N3CCN(c4ccc(-c5ccc(C(=O)NC6C[C@@H](O)CNC(=O)[C@@H]7[C@@H](O)[C@@H](C)CN7C(=O)[C@H]([C@H](O)CCNC(CO)CO)NC(=O)[C@H]([C@H](O)Cc7ccc(O)c(OSOOO)c7)NC(=O)[C@@H]7C[C@@H](O)CN7C(=O)[C@H]([C@@H](C)O)NC6=O)cc5)cc4)CC3)cc2)CC1. The molecule has 106 heavy (non-hydrogen) atoms. The zero-order chi connectivity index (χ0) is 76.1. The largest absolute Gasteiger partial charge is 0.504 e. The summed E-state index contributed by atoms with van der Waals surface area (Å²) in [5, 5.41) is 127. The molecule has 5 saturated heterocycles. The lowest BCUT2D eigenvalue weighted by atomic mass is 9.98. The number of phenols is 1. The van der Waals surface area contributed by atoms with E-state index in [2.05, 4.69) is 85.1 Å². The van der Waals surface area contributed by atoms with Crippen molar-refractivity contribution < 1.29 is 103 Å². The third kappa shape index (κ3) is 21.9. The zero-order valence-corrected chi connectivity index (χ0v) is 60.6. The van der Waals surface area contributed by atoms with Gasteiger partial charge in [-0.15, -0.1) is 0 Å². The first-order chi connectivity index (χ1) is 51.0. The van der Waals surface area contributed by atoms with Gasteiger partial charge in [0.25, 0.3) is 18.2 Å². The predicted octanol–water partition coefficient (Wildman–Crippen LogP) is -1.64. The Hall–Kier alpha value is -8.04. The van der Waals surface area contributed by atoms with E-state index in [1.807, 2.05) is 24.3 Å². The number of hydrogen-bond donors (Lipinski definition) is 16. The summed E-state index contributed by atoms with van der Waals surface area (Å²) >= 11 is 0.0710. The van der Waals surface area contributed by atoms with Crippen molar-refractivity contribution in [3.05, 3.63) is 102 Å². The number of nitrogens with zero attached hydrogens (tertiary/aromatic N) is 6. The van der Waals surface area contributed by atoms with Crippen LogP contribution in [-0.2, 0) is 49.3 Å². The molecule has 0 spiro atoms. The second kappa shape index (κ2) is 39.7. The van der Waals surface area contributed by atoms with Gasteiger partial charge in [0.05, 0.1) is 55.9 Å². The number of rotatable bonds is 28. The van der Waals surface area contributed by atoms with Gasteiger partial charge in [0.15, 0.2) is 11.5 Å². The minimum Gasteiger partial charge on any atom is -0.504 e. The van der Waals surface area contributed by atoms with Gasteiger partial charge in [0.2, 0.25) is 35.4 Å². The van der Waals surface area contributed by atoms with E-state index in [1.54, 1.807) is 19.2 Å². The molecule has 5 aliphatic heterocycles. The molecular formula is C72H102N12O21S. The van der Waals surface area contributed by atoms with Crippen LogP contribution in [0.15, 0.2) is 91.0 Å². The molecule has 0 bridgehead atoms. The van der Waals surface area contributed by atoms with Crippen LogP contribution >= 0.6 is 12.3 Å². The number of β-amino-alcohol motifs (C(OH)–C–C–N with tert-alkyl or cyclic N) is 1. The molecule has 0 radical (unpaired) electrons. The molecule has 0 aliphatic carbocycles. The molecule has 5 fully saturated rings.